The summed E-state index contributed by atoms with van der Waals surface area (Å²) < 4.78 is 14.4. The first-order valence-corrected chi connectivity index (χ1v) is 55.2. The number of aromatic nitrogens is 6. The first kappa shape index (κ1) is 126. The van der Waals surface area contributed by atoms with E-state index in [4.69, 9.17) is 0 Å². The number of nitrogens with zero attached hydrogens (tertiary/aromatic N) is 6. The van der Waals surface area contributed by atoms with Gasteiger partial charge in [0.05, 0.1) is 33.1 Å². The van der Waals surface area contributed by atoms with E-state index in [9.17, 15) is 0 Å². The molecule has 756 valence electrons. The van der Waals surface area contributed by atoms with Crippen molar-refractivity contribution in [3.63, 3.8) is 0 Å². The van der Waals surface area contributed by atoms with E-state index in [0.29, 0.717) is 0 Å². The van der Waals surface area contributed by atoms with E-state index < -0.39 is 0 Å². The van der Waals surface area contributed by atoms with Crippen molar-refractivity contribution >= 4 is 131 Å². The zero-order valence-electron chi connectivity index (χ0n) is 95.3. The van der Waals surface area contributed by atoms with E-state index in [1.54, 1.807) is 0 Å². The number of para-hydroxylation sites is 15. The Kier molecular flexibility index (Phi) is 64.7. The lowest BCUT2D eigenvalue weighted by Crippen LogP contribution is -2.07. The van der Waals surface area contributed by atoms with Crippen LogP contribution in [0.3, 0.4) is 0 Å². The molecule has 24 rings (SSSR count). The molecule has 0 radical (unpaired) electrons. The molecule has 0 bridgehead atoms. The number of hydrogen-bond acceptors (Lipinski definition) is 0. The minimum Gasteiger partial charge on any atom is -0.341 e. The highest BCUT2D eigenvalue weighted by atomic mass is 15.0. The van der Waals surface area contributed by atoms with Gasteiger partial charge in [-0.1, -0.05) is 522 Å². The molecular weight excluding hydrogens is 1710 g/mol. The van der Waals surface area contributed by atoms with Crippen LogP contribution in [0.4, 0.5) is 0 Å². The van der Waals surface area contributed by atoms with E-state index in [1.165, 1.54) is 181 Å². The van der Waals surface area contributed by atoms with Gasteiger partial charge in [-0.3, -0.25) is 0 Å². The number of hydrogen-bond donors (Lipinski definition) is 0. The SMILES string of the molecule is CC.CC.CC.CC.CC.CC.CC.CC.CC.CC.CC.CC.CC.CC.CC.CC.CC.CC.CCn1c2ccccc2c2ccccc21.CCn1c2ccccc2c2ccccc21.CCn1c2ccccc2c2ccccc21.c1ccc2c(c1)Cc1cccc3c4ccccc4n-2c13.c1ccc2c(c1)Cc1cccc3c4ccccc4n-2c13.c1ccc2c(c1)Cc1cccc3c4ccccc4n-2c13. The normalized spacial score (nSPS) is 9.81. The van der Waals surface area contributed by atoms with E-state index >= 15 is 0 Å². The highest BCUT2D eigenvalue weighted by molar-refractivity contribution is 6.15. The second-order valence-corrected chi connectivity index (χ2v) is 27.7. The van der Waals surface area contributed by atoms with Crippen LogP contribution in [-0.4, -0.2) is 27.4 Å². The number of benzene rings is 15. The van der Waals surface area contributed by atoms with Crippen molar-refractivity contribution in [3.05, 3.63) is 379 Å². The van der Waals surface area contributed by atoms with Gasteiger partial charge in [0.1, 0.15) is 0 Å². The van der Waals surface area contributed by atoms with E-state index in [1.807, 2.05) is 249 Å². The quantitative estimate of drug-likeness (QED) is 0.169. The van der Waals surface area contributed by atoms with Crippen LogP contribution in [0.25, 0.3) is 148 Å². The van der Waals surface area contributed by atoms with Crippen LogP contribution in [0.1, 0.15) is 303 Å². The second-order valence-electron chi connectivity index (χ2n) is 27.7. The van der Waals surface area contributed by atoms with Crippen LogP contribution in [-0.2, 0) is 38.9 Å². The van der Waals surface area contributed by atoms with Gasteiger partial charge in [-0.05, 0) is 127 Å². The molecule has 15 aromatic carbocycles. The molecule has 0 N–H and O–H groups in total. The van der Waals surface area contributed by atoms with Gasteiger partial charge in [0.25, 0.3) is 0 Å². The van der Waals surface area contributed by atoms with Gasteiger partial charge in [-0.25, -0.2) is 0 Å². The first-order chi connectivity index (χ1) is 70.0. The van der Waals surface area contributed by atoms with Crippen LogP contribution >= 0.6 is 0 Å². The maximum absolute atomic E-state index is 2.43. The number of rotatable bonds is 3. The molecule has 3 aliphatic rings. The molecule has 6 heteroatoms. The zero-order chi connectivity index (χ0) is 106. The summed E-state index contributed by atoms with van der Waals surface area (Å²) in [6, 6.07) is 124. The van der Waals surface area contributed by atoms with Gasteiger partial charge in [-0.2, -0.15) is 0 Å². The molecule has 0 spiro atoms. The van der Waals surface area contributed by atoms with Gasteiger partial charge < -0.3 is 27.4 Å². The van der Waals surface area contributed by atoms with E-state index in [0.717, 1.165) is 38.9 Å². The van der Waals surface area contributed by atoms with Crippen molar-refractivity contribution < 1.29 is 0 Å². The standard InChI is InChI=1S/3C19H13N.3C14H13N.18C2H6/c3*1-3-10-17-13(6-1)12-14-7-5-9-16-15-8-2-4-11-18(15)20(17)19(14)16;3*1-2-15-13-9-5-3-7-11(13)12-8-4-6-10-14(12)15;18*1-2/h3*1-11H,12H2;3*3-10H,2H2,1H3;18*1-2H3. The molecule has 0 unspecified atom stereocenters. The molecule has 0 amide bonds. The van der Waals surface area contributed by atoms with Crippen LogP contribution in [0.15, 0.2) is 346 Å². The van der Waals surface area contributed by atoms with Crippen molar-refractivity contribution in [3.8, 4) is 17.1 Å². The van der Waals surface area contributed by atoms with Gasteiger partial charge in [0.15, 0.2) is 0 Å². The maximum Gasteiger partial charge on any atom is 0.0576 e. The minimum atomic E-state index is 1.02. The lowest BCUT2D eigenvalue weighted by Gasteiger charge is -2.20. The molecule has 0 aliphatic carbocycles. The Labute approximate surface area is 857 Å². The van der Waals surface area contributed by atoms with Gasteiger partial charge in [0.2, 0.25) is 0 Å². The summed E-state index contributed by atoms with van der Waals surface area (Å²) in [4.78, 5) is 0. The van der Waals surface area contributed by atoms with Crippen LogP contribution < -0.4 is 0 Å². The smallest absolute Gasteiger partial charge is 0.0576 e. The Bertz CT molecular complexity index is 6100. The fourth-order valence-electron chi connectivity index (χ4n) is 17.7. The lowest BCUT2D eigenvalue weighted by atomic mass is 9.98. The van der Waals surface area contributed by atoms with Crippen molar-refractivity contribution in [2.45, 2.75) is 309 Å². The summed E-state index contributed by atoms with van der Waals surface area (Å²) in [5.74, 6) is 0. The monoisotopic (exact) mass is 1890 g/mol. The summed E-state index contributed by atoms with van der Waals surface area (Å²) in [6.45, 7) is 81.6. The Morgan fingerprint density at radius 1 is 0.135 bits per heavy atom. The zero-order valence-corrected chi connectivity index (χ0v) is 95.3. The summed E-state index contributed by atoms with van der Waals surface area (Å²) in [5, 5.41) is 16.3. The van der Waals surface area contributed by atoms with E-state index in [2.05, 4.69) is 394 Å². The summed E-state index contributed by atoms with van der Waals surface area (Å²) in [6.07, 6.45) is 3.09. The predicted molar refractivity (Wildman–Crippen MR) is 650 cm³/mol. The Balaban J connectivity index is 0.000000796. The minimum absolute atomic E-state index is 1.02. The predicted octanol–water partition coefficient (Wildman–Crippen LogP) is 44.0. The third kappa shape index (κ3) is 28.7. The third-order valence-corrected chi connectivity index (χ3v) is 22.2. The first-order valence-electron chi connectivity index (χ1n) is 55.2. The third-order valence-electron chi connectivity index (χ3n) is 22.2. The molecule has 0 fully saturated rings. The molecule has 6 nitrogen and oxygen atoms in total. The topological polar surface area (TPSA) is 29.6 Å². The average Bonchev–Trinajstić information content (AvgIpc) is 1.57. The number of fused-ring (bicyclic) bond motifs is 24. The van der Waals surface area contributed by atoms with Crippen LogP contribution in [0, 0.1) is 0 Å². The molecule has 6 aromatic heterocycles. The molecule has 9 heterocycles. The van der Waals surface area contributed by atoms with Gasteiger partial charge >= 0.3 is 0 Å². The summed E-state index contributed by atoms with van der Waals surface area (Å²) in [5.41, 5.74) is 28.6. The Morgan fingerprint density at radius 2 is 0.262 bits per heavy atom. The largest absolute Gasteiger partial charge is 0.341 e. The Morgan fingerprint density at radius 3 is 0.433 bits per heavy atom. The highest BCUT2D eigenvalue weighted by Gasteiger charge is 2.25. The van der Waals surface area contributed by atoms with Crippen LogP contribution in [0.5, 0.6) is 0 Å². The molecule has 0 saturated heterocycles. The van der Waals surface area contributed by atoms with Gasteiger partial charge in [0, 0.05) is 154 Å². The fourth-order valence-corrected chi connectivity index (χ4v) is 17.7. The van der Waals surface area contributed by atoms with Crippen molar-refractivity contribution in [2.24, 2.45) is 0 Å². The van der Waals surface area contributed by atoms with Crippen molar-refractivity contribution in [1.82, 2.24) is 27.4 Å². The molecule has 0 atom stereocenters. The van der Waals surface area contributed by atoms with Crippen molar-refractivity contribution in [1.29, 1.82) is 0 Å². The molecular formula is C135H186N6. The summed E-state index contributed by atoms with van der Waals surface area (Å²) in [7, 11) is 0. The fraction of sp³-hybridized carbons (Fsp3) is 0.333. The lowest BCUT2D eigenvalue weighted by molar-refractivity contribution is 0.827. The second kappa shape index (κ2) is 72.4. The number of aryl methyl sites for hydroxylation is 3. The van der Waals surface area contributed by atoms with E-state index in [-0.39, 0.29) is 0 Å². The van der Waals surface area contributed by atoms with Gasteiger partial charge in [-0.15, -0.1) is 0 Å². The average molecular weight is 1890 g/mol. The molecule has 141 heavy (non-hydrogen) atoms. The Hall–Kier alpha value is -12.9. The highest BCUT2D eigenvalue weighted by Crippen LogP contribution is 2.43. The summed E-state index contributed by atoms with van der Waals surface area (Å²) >= 11 is 0. The van der Waals surface area contributed by atoms with Crippen molar-refractivity contribution in [2.75, 3.05) is 0 Å². The molecule has 0 saturated carbocycles. The maximum atomic E-state index is 2.43. The molecule has 3 aliphatic heterocycles. The van der Waals surface area contributed by atoms with Crippen LogP contribution in [0.2, 0.25) is 0 Å². The molecule has 21 aromatic rings.